The molecule has 4 rings (SSSR count). The van der Waals surface area contributed by atoms with Gasteiger partial charge in [0, 0.05) is 13.1 Å². The lowest BCUT2D eigenvalue weighted by Crippen LogP contribution is -2.34. The number of aliphatic hydroxyl groups is 1. The van der Waals surface area contributed by atoms with E-state index in [2.05, 4.69) is 6.07 Å². The minimum atomic E-state index is -0.499. The average Bonchev–Trinajstić information content (AvgIpc) is 3.27. The summed E-state index contributed by atoms with van der Waals surface area (Å²) in [5, 5.41) is 9.27. The Morgan fingerprint density at radius 1 is 1.15 bits per heavy atom. The number of carbonyl (C=O) groups is 1. The molecular weight excluding hydrogens is 344 g/mol. The molecule has 27 heavy (non-hydrogen) atoms. The number of oxazole rings is 1. The highest BCUT2D eigenvalue weighted by Gasteiger charge is 2.27. The molecule has 2 heterocycles. The van der Waals surface area contributed by atoms with Crippen molar-refractivity contribution in [1.82, 2.24) is 9.47 Å². The average molecular weight is 366 g/mol. The van der Waals surface area contributed by atoms with Crippen LogP contribution in [0.15, 0.2) is 57.7 Å². The lowest BCUT2D eigenvalue weighted by atomic mass is 9.97. The predicted octanol–water partition coefficient (Wildman–Crippen LogP) is 2.18. The van der Waals surface area contributed by atoms with Crippen LogP contribution in [0.25, 0.3) is 11.1 Å². The van der Waals surface area contributed by atoms with Gasteiger partial charge in [0.25, 0.3) is 0 Å². The summed E-state index contributed by atoms with van der Waals surface area (Å²) in [7, 11) is 0. The number of hydrogen-bond donors (Lipinski definition) is 1. The molecule has 1 amide bonds. The van der Waals surface area contributed by atoms with Gasteiger partial charge >= 0.3 is 5.76 Å². The summed E-state index contributed by atoms with van der Waals surface area (Å²) in [6.45, 7) is 1.43. The van der Waals surface area contributed by atoms with Crippen LogP contribution in [0.1, 0.15) is 17.5 Å². The predicted molar refractivity (Wildman–Crippen MR) is 101 cm³/mol. The van der Waals surface area contributed by atoms with Gasteiger partial charge in [-0.25, -0.2) is 4.79 Å². The fraction of sp³-hybridized carbons (Fsp3) is 0.333. The maximum absolute atomic E-state index is 12.7. The van der Waals surface area contributed by atoms with E-state index in [1.165, 1.54) is 10.1 Å². The van der Waals surface area contributed by atoms with E-state index < -0.39 is 5.76 Å². The molecule has 1 aromatic heterocycles. The number of para-hydroxylation sites is 2. The second-order valence-electron chi connectivity index (χ2n) is 7.10. The number of rotatable bonds is 5. The zero-order valence-corrected chi connectivity index (χ0v) is 15.0. The highest BCUT2D eigenvalue weighted by Crippen LogP contribution is 2.22. The smallest absolute Gasteiger partial charge is 0.408 e. The van der Waals surface area contributed by atoms with Gasteiger partial charge in [0.15, 0.2) is 5.58 Å². The first-order valence-corrected chi connectivity index (χ1v) is 9.19. The molecule has 3 aromatic rings. The summed E-state index contributed by atoms with van der Waals surface area (Å²) < 4.78 is 6.60. The molecule has 1 atom stereocenters. The number of aliphatic hydroxyl groups excluding tert-OH is 1. The number of aromatic nitrogens is 1. The number of amides is 1. The van der Waals surface area contributed by atoms with Crippen molar-refractivity contribution in [3.8, 4) is 0 Å². The Bertz CT molecular complexity index is 1020. The molecule has 1 aliphatic heterocycles. The van der Waals surface area contributed by atoms with Gasteiger partial charge in [-0.3, -0.25) is 9.36 Å². The van der Waals surface area contributed by atoms with Crippen molar-refractivity contribution < 1.29 is 14.3 Å². The summed E-state index contributed by atoms with van der Waals surface area (Å²) in [4.78, 5) is 26.6. The van der Waals surface area contributed by atoms with Crippen LogP contribution in [0.5, 0.6) is 0 Å². The topological polar surface area (TPSA) is 75.7 Å². The van der Waals surface area contributed by atoms with Gasteiger partial charge in [-0.1, -0.05) is 36.4 Å². The second-order valence-corrected chi connectivity index (χ2v) is 7.10. The Morgan fingerprint density at radius 2 is 1.96 bits per heavy atom. The van der Waals surface area contributed by atoms with E-state index in [-0.39, 0.29) is 19.1 Å². The standard InChI is InChI=1S/C21H22N2O4/c24-14-17-5-3-4-15(11-17)10-16-8-9-22(12-16)20(25)13-23-18-6-1-2-7-19(18)27-21(23)26/h1-7,11,16,24H,8-10,12-14H2/t16-/m0/s1. The molecule has 2 aromatic carbocycles. The Kier molecular flexibility index (Phi) is 4.81. The molecule has 0 unspecified atom stereocenters. The third kappa shape index (κ3) is 3.66. The van der Waals surface area contributed by atoms with Gasteiger partial charge in [0.05, 0.1) is 12.1 Å². The zero-order chi connectivity index (χ0) is 18.8. The lowest BCUT2D eigenvalue weighted by Gasteiger charge is -2.17. The van der Waals surface area contributed by atoms with Crippen LogP contribution < -0.4 is 5.76 Å². The van der Waals surface area contributed by atoms with Crippen LogP contribution in [0.4, 0.5) is 0 Å². The molecule has 0 bridgehead atoms. The van der Waals surface area contributed by atoms with Gasteiger partial charge in [0.2, 0.25) is 5.91 Å². The third-order valence-electron chi connectivity index (χ3n) is 5.20. The first-order chi connectivity index (χ1) is 13.1. The van der Waals surface area contributed by atoms with Crippen molar-refractivity contribution in [3.05, 3.63) is 70.2 Å². The normalized spacial score (nSPS) is 16.9. The largest absolute Gasteiger partial charge is 0.420 e. The molecular formula is C21H22N2O4. The van der Waals surface area contributed by atoms with Crippen molar-refractivity contribution in [2.75, 3.05) is 13.1 Å². The summed E-state index contributed by atoms with van der Waals surface area (Å²) >= 11 is 0. The van der Waals surface area contributed by atoms with Crippen LogP contribution in [0.2, 0.25) is 0 Å². The minimum Gasteiger partial charge on any atom is -0.408 e. The van der Waals surface area contributed by atoms with Gasteiger partial charge < -0.3 is 14.4 Å². The van der Waals surface area contributed by atoms with Crippen LogP contribution >= 0.6 is 0 Å². The molecule has 0 radical (unpaired) electrons. The molecule has 0 saturated carbocycles. The Labute approximate surface area is 156 Å². The molecule has 0 spiro atoms. The highest BCUT2D eigenvalue weighted by atomic mass is 16.4. The third-order valence-corrected chi connectivity index (χ3v) is 5.20. The van der Waals surface area contributed by atoms with Crippen molar-refractivity contribution in [2.24, 2.45) is 5.92 Å². The van der Waals surface area contributed by atoms with Crippen molar-refractivity contribution >= 4 is 17.0 Å². The maximum atomic E-state index is 12.7. The highest BCUT2D eigenvalue weighted by molar-refractivity contribution is 5.79. The van der Waals surface area contributed by atoms with Crippen LogP contribution in [0.3, 0.4) is 0 Å². The molecule has 1 N–H and O–H groups in total. The molecule has 1 fully saturated rings. The maximum Gasteiger partial charge on any atom is 0.420 e. The van der Waals surface area contributed by atoms with Crippen LogP contribution in [-0.2, 0) is 24.4 Å². The van der Waals surface area contributed by atoms with Crippen molar-refractivity contribution in [1.29, 1.82) is 0 Å². The van der Waals surface area contributed by atoms with E-state index in [1.807, 2.05) is 29.2 Å². The molecule has 6 nitrogen and oxygen atoms in total. The number of nitrogens with zero attached hydrogens (tertiary/aromatic N) is 2. The molecule has 1 aliphatic rings. The number of likely N-dealkylation sites (tertiary alicyclic amines) is 1. The van der Waals surface area contributed by atoms with E-state index in [0.29, 0.717) is 30.1 Å². The number of fused-ring (bicyclic) bond motifs is 1. The Morgan fingerprint density at radius 3 is 2.81 bits per heavy atom. The summed E-state index contributed by atoms with van der Waals surface area (Å²) in [5.41, 5.74) is 3.23. The van der Waals surface area contributed by atoms with Crippen LogP contribution in [-0.4, -0.2) is 33.6 Å². The fourth-order valence-corrected chi connectivity index (χ4v) is 3.81. The Hall–Kier alpha value is -2.86. The zero-order valence-electron chi connectivity index (χ0n) is 15.0. The van der Waals surface area contributed by atoms with E-state index >= 15 is 0 Å². The molecule has 1 saturated heterocycles. The number of carbonyl (C=O) groups excluding carboxylic acids is 1. The van der Waals surface area contributed by atoms with Gasteiger partial charge in [-0.2, -0.15) is 0 Å². The van der Waals surface area contributed by atoms with E-state index in [1.54, 1.807) is 18.2 Å². The van der Waals surface area contributed by atoms with Gasteiger partial charge in [0.1, 0.15) is 6.54 Å². The van der Waals surface area contributed by atoms with Crippen molar-refractivity contribution in [3.63, 3.8) is 0 Å². The van der Waals surface area contributed by atoms with Gasteiger partial charge in [-0.15, -0.1) is 0 Å². The molecule has 6 heteroatoms. The summed E-state index contributed by atoms with van der Waals surface area (Å²) in [6, 6.07) is 15.1. The minimum absolute atomic E-state index is 0.00254. The van der Waals surface area contributed by atoms with Crippen molar-refractivity contribution in [2.45, 2.75) is 26.0 Å². The number of benzene rings is 2. The fourth-order valence-electron chi connectivity index (χ4n) is 3.81. The first kappa shape index (κ1) is 17.5. The molecule has 140 valence electrons. The summed E-state index contributed by atoms with van der Waals surface area (Å²) in [6.07, 6.45) is 1.82. The van der Waals surface area contributed by atoms with E-state index in [4.69, 9.17) is 4.42 Å². The van der Waals surface area contributed by atoms with E-state index in [0.717, 1.165) is 18.4 Å². The quantitative estimate of drug-likeness (QED) is 0.751. The number of hydrogen-bond acceptors (Lipinski definition) is 4. The van der Waals surface area contributed by atoms with E-state index in [9.17, 15) is 14.7 Å². The second kappa shape index (κ2) is 7.40. The molecule has 0 aliphatic carbocycles. The summed E-state index contributed by atoms with van der Waals surface area (Å²) in [5.74, 6) is -0.169. The van der Waals surface area contributed by atoms with Gasteiger partial charge in [-0.05, 0) is 42.0 Å². The monoisotopic (exact) mass is 366 g/mol. The SMILES string of the molecule is O=C(Cn1c(=O)oc2ccccc21)N1CC[C@@H](Cc2cccc(CO)c2)C1. The van der Waals surface area contributed by atoms with Crippen LogP contribution in [0, 0.1) is 5.92 Å². The Balaban J connectivity index is 1.41. The first-order valence-electron chi connectivity index (χ1n) is 9.19. The lowest BCUT2D eigenvalue weighted by molar-refractivity contribution is -0.130.